The van der Waals surface area contributed by atoms with Gasteiger partial charge in [-0.1, -0.05) is 40.5 Å². The fraction of sp³-hybridized carbons (Fsp3) is 0.938. The number of nitrogens with zero attached hydrogens (tertiary/aromatic N) is 1. The minimum absolute atomic E-state index is 0.209. The quantitative estimate of drug-likeness (QED) is 0.683. The molecule has 4 nitrogen and oxygen atoms in total. The minimum Gasteiger partial charge on any atom is -0.480 e. The van der Waals surface area contributed by atoms with Gasteiger partial charge in [0, 0.05) is 25.2 Å². The number of carboxylic acids is 1. The van der Waals surface area contributed by atoms with E-state index in [0.29, 0.717) is 18.4 Å². The molecule has 0 heterocycles. The Morgan fingerprint density at radius 2 is 1.85 bits per heavy atom. The van der Waals surface area contributed by atoms with Crippen LogP contribution in [0, 0.1) is 5.92 Å². The molecule has 1 aliphatic rings. The standard InChI is InChI=1S/C16H32N2O2/c1-12(2)11-18(14-7-5-6-8-14)10-9-15(16(19)20)17-13(3)4/h12-15,17H,5-11H2,1-4H3,(H,19,20). The van der Waals surface area contributed by atoms with Crippen LogP contribution in [0.15, 0.2) is 0 Å². The molecule has 1 saturated carbocycles. The van der Waals surface area contributed by atoms with E-state index in [4.69, 9.17) is 0 Å². The van der Waals surface area contributed by atoms with E-state index in [1.54, 1.807) is 0 Å². The van der Waals surface area contributed by atoms with Crippen molar-refractivity contribution in [3.05, 3.63) is 0 Å². The van der Waals surface area contributed by atoms with Crippen molar-refractivity contribution >= 4 is 5.97 Å². The van der Waals surface area contributed by atoms with Gasteiger partial charge in [0.1, 0.15) is 6.04 Å². The topological polar surface area (TPSA) is 52.6 Å². The van der Waals surface area contributed by atoms with E-state index in [0.717, 1.165) is 13.1 Å². The first-order valence-corrected chi connectivity index (χ1v) is 8.13. The summed E-state index contributed by atoms with van der Waals surface area (Å²) in [5.74, 6) is -0.0912. The normalized spacial score (nSPS) is 18.4. The third-order valence-electron chi connectivity index (χ3n) is 3.98. The van der Waals surface area contributed by atoms with Crippen molar-refractivity contribution < 1.29 is 9.90 Å². The molecule has 1 unspecified atom stereocenters. The number of carboxylic acid groups (broad SMARTS) is 1. The molecule has 0 aromatic carbocycles. The Bertz CT molecular complexity index is 286. The monoisotopic (exact) mass is 284 g/mol. The molecule has 4 heteroatoms. The molecular weight excluding hydrogens is 252 g/mol. The molecule has 0 saturated heterocycles. The highest BCUT2D eigenvalue weighted by molar-refractivity contribution is 5.73. The van der Waals surface area contributed by atoms with Crippen LogP contribution in [0.4, 0.5) is 0 Å². The predicted molar refractivity (Wildman–Crippen MR) is 83.0 cm³/mol. The predicted octanol–water partition coefficient (Wildman–Crippen LogP) is 2.73. The average Bonchev–Trinajstić information content (AvgIpc) is 2.85. The SMILES string of the molecule is CC(C)CN(CCC(NC(C)C)C(=O)O)C1CCCC1. The van der Waals surface area contributed by atoms with Crippen molar-refractivity contribution in [2.24, 2.45) is 5.92 Å². The van der Waals surface area contributed by atoms with Crippen LogP contribution in [0.2, 0.25) is 0 Å². The molecule has 1 rings (SSSR count). The Morgan fingerprint density at radius 3 is 2.30 bits per heavy atom. The van der Waals surface area contributed by atoms with Crippen molar-refractivity contribution in [1.82, 2.24) is 10.2 Å². The van der Waals surface area contributed by atoms with Gasteiger partial charge >= 0.3 is 5.97 Å². The molecule has 1 aliphatic carbocycles. The van der Waals surface area contributed by atoms with Crippen LogP contribution >= 0.6 is 0 Å². The van der Waals surface area contributed by atoms with E-state index >= 15 is 0 Å². The summed E-state index contributed by atoms with van der Waals surface area (Å²) in [6.45, 7) is 10.4. The zero-order valence-electron chi connectivity index (χ0n) is 13.6. The Labute approximate surface area is 123 Å². The Hall–Kier alpha value is -0.610. The van der Waals surface area contributed by atoms with E-state index in [-0.39, 0.29) is 6.04 Å². The van der Waals surface area contributed by atoms with Crippen LogP contribution in [0.1, 0.15) is 59.8 Å². The number of rotatable bonds is 9. The Morgan fingerprint density at radius 1 is 1.25 bits per heavy atom. The maximum Gasteiger partial charge on any atom is 0.320 e. The van der Waals surface area contributed by atoms with Gasteiger partial charge in [-0.25, -0.2) is 0 Å². The maximum atomic E-state index is 11.3. The zero-order chi connectivity index (χ0) is 15.1. The van der Waals surface area contributed by atoms with Crippen molar-refractivity contribution in [1.29, 1.82) is 0 Å². The zero-order valence-corrected chi connectivity index (χ0v) is 13.6. The number of hydrogen-bond donors (Lipinski definition) is 2. The fourth-order valence-electron chi connectivity index (χ4n) is 3.14. The van der Waals surface area contributed by atoms with Crippen molar-refractivity contribution in [3.8, 4) is 0 Å². The Kier molecular flexibility index (Phi) is 7.52. The van der Waals surface area contributed by atoms with Gasteiger partial charge in [0.2, 0.25) is 0 Å². The van der Waals surface area contributed by atoms with E-state index in [1.807, 2.05) is 13.8 Å². The first-order chi connectivity index (χ1) is 9.40. The van der Waals surface area contributed by atoms with Gasteiger partial charge < -0.3 is 15.3 Å². The van der Waals surface area contributed by atoms with Crippen molar-refractivity contribution in [2.75, 3.05) is 13.1 Å². The second-order valence-electron chi connectivity index (χ2n) is 6.83. The largest absolute Gasteiger partial charge is 0.480 e. The molecule has 118 valence electrons. The summed E-state index contributed by atoms with van der Waals surface area (Å²) in [5.41, 5.74) is 0. The smallest absolute Gasteiger partial charge is 0.320 e. The molecule has 0 radical (unpaired) electrons. The summed E-state index contributed by atoms with van der Waals surface area (Å²) in [7, 11) is 0. The van der Waals surface area contributed by atoms with Crippen LogP contribution < -0.4 is 5.32 Å². The van der Waals surface area contributed by atoms with E-state index in [1.165, 1.54) is 25.7 Å². The van der Waals surface area contributed by atoms with Crippen molar-refractivity contribution in [3.63, 3.8) is 0 Å². The highest BCUT2D eigenvalue weighted by atomic mass is 16.4. The molecule has 1 atom stereocenters. The van der Waals surface area contributed by atoms with Crippen LogP contribution in [0.25, 0.3) is 0 Å². The fourth-order valence-corrected chi connectivity index (χ4v) is 3.14. The summed E-state index contributed by atoms with van der Waals surface area (Å²) >= 11 is 0. The van der Waals surface area contributed by atoms with Gasteiger partial charge in [-0.3, -0.25) is 4.79 Å². The van der Waals surface area contributed by atoms with E-state index in [2.05, 4.69) is 24.1 Å². The van der Waals surface area contributed by atoms with E-state index < -0.39 is 12.0 Å². The van der Waals surface area contributed by atoms with Crippen LogP contribution in [-0.2, 0) is 4.79 Å². The lowest BCUT2D eigenvalue weighted by molar-refractivity contribution is -0.140. The lowest BCUT2D eigenvalue weighted by Gasteiger charge is -2.31. The number of carbonyl (C=O) groups is 1. The number of nitrogens with one attached hydrogen (secondary N) is 1. The second-order valence-corrected chi connectivity index (χ2v) is 6.83. The first kappa shape index (κ1) is 17.4. The number of aliphatic carboxylic acids is 1. The molecular formula is C16H32N2O2. The van der Waals surface area contributed by atoms with Gasteiger partial charge in [0.25, 0.3) is 0 Å². The molecule has 0 bridgehead atoms. The Balaban J connectivity index is 2.52. The van der Waals surface area contributed by atoms with Crippen molar-refractivity contribution in [2.45, 2.75) is 77.9 Å². The molecule has 2 N–H and O–H groups in total. The average molecular weight is 284 g/mol. The van der Waals surface area contributed by atoms with Crippen LogP contribution in [0.5, 0.6) is 0 Å². The van der Waals surface area contributed by atoms with Gasteiger partial charge in [-0.05, 0) is 25.2 Å². The highest BCUT2D eigenvalue weighted by Gasteiger charge is 2.25. The summed E-state index contributed by atoms with van der Waals surface area (Å²) in [5, 5.41) is 12.5. The summed E-state index contributed by atoms with van der Waals surface area (Å²) in [4.78, 5) is 13.8. The molecule has 0 amide bonds. The minimum atomic E-state index is -0.727. The maximum absolute atomic E-state index is 11.3. The molecule has 0 aromatic heterocycles. The molecule has 0 spiro atoms. The van der Waals surface area contributed by atoms with Gasteiger partial charge in [-0.2, -0.15) is 0 Å². The first-order valence-electron chi connectivity index (χ1n) is 8.13. The van der Waals surface area contributed by atoms with E-state index in [9.17, 15) is 9.90 Å². The van der Waals surface area contributed by atoms with Crippen LogP contribution in [-0.4, -0.2) is 47.2 Å². The highest BCUT2D eigenvalue weighted by Crippen LogP contribution is 2.24. The molecule has 20 heavy (non-hydrogen) atoms. The summed E-state index contributed by atoms with van der Waals surface area (Å²) in [6, 6.07) is 0.457. The van der Waals surface area contributed by atoms with Gasteiger partial charge in [0.15, 0.2) is 0 Å². The van der Waals surface area contributed by atoms with Gasteiger partial charge in [0.05, 0.1) is 0 Å². The lowest BCUT2D eigenvalue weighted by atomic mass is 10.1. The van der Waals surface area contributed by atoms with Gasteiger partial charge in [-0.15, -0.1) is 0 Å². The second kappa shape index (κ2) is 8.63. The third kappa shape index (κ3) is 6.23. The molecule has 1 fully saturated rings. The molecule has 0 aliphatic heterocycles. The summed E-state index contributed by atoms with van der Waals surface area (Å²) in [6.07, 6.45) is 5.90. The van der Waals surface area contributed by atoms with Crippen LogP contribution in [0.3, 0.4) is 0 Å². The number of hydrogen-bond acceptors (Lipinski definition) is 3. The molecule has 0 aromatic rings. The lowest BCUT2D eigenvalue weighted by Crippen LogP contribution is -2.45. The third-order valence-corrected chi connectivity index (χ3v) is 3.98. The summed E-state index contributed by atoms with van der Waals surface area (Å²) < 4.78 is 0.